The molecule has 0 spiro atoms. The van der Waals surface area contributed by atoms with E-state index in [0.29, 0.717) is 12.5 Å². The van der Waals surface area contributed by atoms with Crippen LogP contribution in [0, 0.1) is 6.92 Å². The number of benzene rings is 2. The molecule has 0 bridgehead atoms. The molecular weight excluding hydrogens is 376 g/mol. The van der Waals surface area contributed by atoms with Crippen molar-refractivity contribution in [3.8, 4) is 5.75 Å². The molecule has 1 fully saturated rings. The quantitative estimate of drug-likeness (QED) is 0.674. The first-order valence-corrected chi connectivity index (χ1v) is 9.61. The average Bonchev–Trinajstić information content (AvgIpc) is 3.07. The lowest BCUT2D eigenvalue weighted by molar-refractivity contribution is 0.0780. The van der Waals surface area contributed by atoms with Crippen molar-refractivity contribution in [2.24, 2.45) is 0 Å². The smallest absolute Gasteiger partial charge is 0.119 e. The molecule has 1 aliphatic rings. The van der Waals surface area contributed by atoms with Gasteiger partial charge in [-0.2, -0.15) is 0 Å². The van der Waals surface area contributed by atoms with Crippen LogP contribution in [0.15, 0.2) is 48.5 Å². The summed E-state index contributed by atoms with van der Waals surface area (Å²) in [5, 5.41) is 10.6. The van der Waals surface area contributed by atoms with Crippen LogP contribution in [-0.2, 0) is 11.3 Å². The summed E-state index contributed by atoms with van der Waals surface area (Å²) in [4.78, 5) is 4.87. The second-order valence-corrected chi connectivity index (χ2v) is 7.23. The molecule has 150 valence electrons. The number of rotatable bonds is 6. The van der Waals surface area contributed by atoms with E-state index in [-0.39, 0.29) is 19.0 Å². The normalized spacial score (nSPS) is 15.9. The summed E-state index contributed by atoms with van der Waals surface area (Å²) in [5.41, 5.74) is 3.23. The number of fused-ring (bicyclic) bond motifs is 1. The van der Waals surface area contributed by atoms with Crippen LogP contribution in [0.25, 0.3) is 11.0 Å². The highest BCUT2D eigenvalue weighted by atomic mass is 35.5. The van der Waals surface area contributed by atoms with Gasteiger partial charge in [-0.05, 0) is 44.0 Å². The zero-order valence-corrected chi connectivity index (χ0v) is 16.9. The molecule has 0 aliphatic carbocycles. The van der Waals surface area contributed by atoms with Gasteiger partial charge in [-0.15, -0.1) is 12.4 Å². The maximum Gasteiger partial charge on any atom is 0.119 e. The fraction of sp³-hybridized carbons (Fsp3) is 0.409. The van der Waals surface area contributed by atoms with Crippen LogP contribution in [0.5, 0.6) is 5.75 Å². The van der Waals surface area contributed by atoms with Crippen molar-refractivity contribution < 1.29 is 14.6 Å². The highest BCUT2D eigenvalue weighted by Crippen LogP contribution is 2.29. The van der Waals surface area contributed by atoms with E-state index in [9.17, 15) is 5.11 Å². The van der Waals surface area contributed by atoms with Gasteiger partial charge in [0, 0.05) is 19.1 Å². The Morgan fingerprint density at radius 3 is 2.61 bits per heavy atom. The minimum absolute atomic E-state index is 0. The summed E-state index contributed by atoms with van der Waals surface area (Å²) in [7, 11) is 0. The van der Waals surface area contributed by atoms with Crippen LogP contribution in [0.1, 0.15) is 30.1 Å². The Balaban J connectivity index is 0.00000225. The first-order chi connectivity index (χ1) is 13.2. The van der Waals surface area contributed by atoms with E-state index in [1.54, 1.807) is 0 Å². The monoisotopic (exact) mass is 402 g/mol. The van der Waals surface area contributed by atoms with Crippen LogP contribution in [-0.4, -0.2) is 40.6 Å². The molecule has 4 rings (SSSR count). The van der Waals surface area contributed by atoms with Gasteiger partial charge in [0.1, 0.15) is 24.3 Å². The Morgan fingerprint density at radius 1 is 1.14 bits per heavy atom. The fourth-order valence-corrected chi connectivity index (χ4v) is 3.64. The SMILES string of the molecule is Cc1ccc(OCC(O)Cn2c(C3CCOCC3)nc3ccccc32)cc1.Cl. The van der Waals surface area contributed by atoms with Crippen molar-refractivity contribution in [3.63, 3.8) is 0 Å². The second kappa shape index (κ2) is 9.41. The number of hydrogen-bond acceptors (Lipinski definition) is 4. The molecule has 5 nitrogen and oxygen atoms in total. The minimum atomic E-state index is -0.609. The predicted octanol–water partition coefficient (Wildman–Crippen LogP) is 4.10. The summed E-state index contributed by atoms with van der Waals surface area (Å²) in [6.45, 7) is 4.31. The zero-order valence-electron chi connectivity index (χ0n) is 16.1. The summed E-state index contributed by atoms with van der Waals surface area (Å²) in [6, 6.07) is 16.0. The van der Waals surface area contributed by atoms with E-state index in [1.807, 2.05) is 49.4 Å². The molecular formula is C22H27ClN2O3. The van der Waals surface area contributed by atoms with E-state index in [2.05, 4.69) is 10.6 Å². The minimum Gasteiger partial charge on any atom is -0.491 e. The molecule has 1 unspecified atom stereocenters. The summed E-state index contributed by atoms with van der Waals surface area (Å²) in [6.07, 6.45) is 1.33. The van der Waals surface area contributed by atoms with Crippen LogP contribution in [0.2, 0.25) is 0 Å². The molecule has 0 amide bonds. The van der Waals surface area contributed by atoms with Crippen molar-refractivity contribution in [2.45, 2.75) is 38.3 Å². The zero-order chi connectivity index (χ0) is 18.6. The average molecular weight is 403 g/mol. The molecule has 2 aromatic carbocycles. The van der Waals surface area contributed by atoms with Crippen molar-refractivity contribution in [3.05, 3.63) is 59.9 Å². The fourth-order valence-electron chi connectivity index (χ4n) is 3.64. The first-order valence-electron chi connectivity index (χ1n) is 9.61. The Morgan fingerprint density at radius 2 is 1.86 bits per heavy atom. The van der Waals surface area contributed by atoms with Crippen LogP contribution in [0.4, 0.5) is 0 Å². The highest BCUT2D eigenvalue weighted by Gasteiger charge is 2.24. The number of para-hydroxylation sites is 2. The first kappa shape index (κ1) is 20.6. The van der Waals surface area contributed by atoms with Crippen LogP contribution >= 0.6 is 12.4 Å². The predicted molar refractivity (Wildman–Crippen MR) is 112 cm³/mol. The third-order valence-corrected chi connectivity index (χ3v) is 5.13. The third kappa shape index (κ3) is 4.66. The van der Waals surface area contributed by atoms with E-state index >= 15 is 0 Å². The lowest BCUT2D eigenvalue weighted by Gasteiger charge is -2.23. The molecule has 0 saturated carbocycles. The van der Waals surface area contributed by atoms with Crippen molar-refractivity contribution in [2.75, 3.05) is 19.8 Å². The van der Waals surface area contributed by atoms with Crippen molar-refractivity contribution in [1.29, 1.82) is 0 Å². The molecule has 6 heteroatoms. The standard InChI is InChI=1S/C22H26N2O3.ClH/c1-16-6-8-19(9-7-16)27-15-18(25)14-24-21-5-3-2-4-20(21)23-22(24)17-10-12-26-13-11-17;/h2-9,17-18,25H,10-15H2,1H3;1H. The van der Waals surface area contributed by atoms with Gasteiger partial charge in [-0.25, -0.2) is 4.98 Å². The van der Waals surface area contributed by atoms with Gasteiger partial charge in [0.2, 0.25) is 0 Å². The Hall–Kier alpha value is -2.08. The molecule has 1 aliphatic heterocycles. The van der Waals surface area contributed by atoms with E-state index < -0.39 is 6.10 Å². The summed E-state index contributed by atoms with van der Waals surface area (Å²) < 4.78 is 13.4. The lowest BCUT2D eigenvalue weighted by Crippen LogP contribution is -2.26. The second-order valence-electron chi connectivity index (χ2n) is 7.23. The topological polar surface area (TPSA) is 56.5 Å². The Kier molecular flexibility index (Phi) is 6.94. The number of nitrogens with zero attached hydrogens (tertiary/aromatic N) is 2. The number of aryl methyl sites for hydroxylation is 1. The molecule has 1 N–H and O–H groups in total. The molecule has 28 heavy (non-hydrogen) atoms. The third-order valence-electron chi connectivity index (χ3n) is 5.13. The van der Waals surface area contributed by atoms with Gasteiger partial charge in [-0.3, -0.25) is 0 Å². The maximum absolute atomic E-state index is 10.6. The molecule has 1 saturated heterocycles. The molecule has 2 heterocycles. The molecule has 0 radical (unpaired) electrons. The molecule has 3 aromatic rings. The van der Waals surface area contributed by atoms with Crippen LogP contribution in [0.3, 0.4) is 0 Å². The van der Waals surface area contributed by atoms with Gasteiger partial charge in [0.05, 0.1) is 17.6 Å². The van der Waals surface area contributed by atoms with Crippen molar-refractivity contribution >= 4 is 23.4 Å². The number of aliphatic hydroxyl groups is 1. The van der Waals surface area contributed by atoms with Gasteiger partial charge in [0.15, 0.2) is 0 Å². The number of aliphatic hydroxyl groups excluding tert-OH is 1. The number of imidazole rings is 1. The number of hydrogen-bond donors (Lipinski definition) is 1. The number of aromatic nitrogens is 2. The van der Waals surface area contributed by atoms with E-state index in [0.717, 1.165) is 48.7 Å². The summed E-state index contributed by atoms with van der Waals surface area (Å²) >= 11 is 0. The number of ether oxygens (including phenoxy) is 2. The Labute approximate surface area is 171 Å². The largest absolute Gasteiger partial charge is 0.491 e. The van der Waals surface area contributed by atoms with Gasteiger partial charge in [0.25, 0.3) is 0 Å². The van der Waals surface area contributed by atoms with Gasteiger partial charge in [-0.1, -0.05) is 29.8 Å². The highest BCUT2D eigenvalue weighted by molar-refractivity contribution is 5.85. The van der Waals surface area contributed by atoms with E-state index in [4.69, 9.17) is 14.5 Å². The van der Waals surface area contributed by atoms with Crippen molar-refractivity contribution in [1.82, 2.24) is 9.55 Å². The number of halogens is 1. The maximum atomic E-state index is 10.6. The van der Waals surface area contributed by atoms with Gasteiger partial charge < -0.3 is 19.1 Å². The molecule has 1 atom stereocenters. The Bertz CT molecular complexity index is 888. The van der Waals surface area contributed by atoms with Gasteiger partial charge >= 0.3 is 0 Å². The molecule has 1 aromatic heterocycles. The lowest BCUT2D eigenvalue weighted by atomic mass is 9.99. The van der Waals surface area contributed by atoms with Crippen LogP contribution < -0.4 is 4.74 Å². The van der Waals surface area contributed by atoms with E-state index in [1.165, 1.54) is 5.56 Å². The summed E-state index contributed by atoms with van der Waals surface area (Å²) in [5.74, 6) is 2.20.